The first-order chi connectivity index (χ1) is 4.70. The zero-order chi connectivity index (χ0) is 7.98. The van der Waals surface area contributed by atoms with Crippen LogP contribution in [0.4, 0.5) is 0 Å². The summed E-state index contributed by atoms with van der Waals surface area (Å²) in [7, 11) is 0. The Bertz CT molecular complexity index is 109. The largest absolute Gasteiger partial charge is 0.102 e. The van der Waals surface area contributed by atoms with E-state index in [2.05, 4.69) is 39.5 Å². The van der Waals surface area contributed by atoms with Crippen molar-refractivity contribution in [1.82, 2.24) is 0 Å². The Morgan fingerprint density at radius 2 is 2.00 bits per heavy atom. The van der Waals surface area contributed by atoms with E-state index in [1.807, 2.05) is 6.08 Å². The number of hydrogen-bond acceptors (Lipinski definition) is 0. The van der Waals surface area contributed by atoms with E-state index in [4.69, 9.17) is 0 Å². The average Bonchev–Trinajstić information content (AvgIpc) is 1.86. The molecule has 58 valence electrons. The predicted octanol–water partition coefficient (Wildman–Crippen LogP) is 3.41. The smallest absolute Gasteiger partial charge is 0.00539 e. The molecule has 0 heteroatoms. The van der Waals surface area contributed by atoms with Gasteiger partial charge in [0, 0.05) is 0 Å². The van der Waals surface area contributed by atoms with E-state index in [-0.39, 0.29) is 0 Å². The molecule has 0 radical (unpaired) electrons. The van der Waals surface area contributed by atoms with Crippen molar-refractivity contribution in [3.63, 3.8) is 0 Å². The molecular formula is C10H18. The Balaban J connectivity index is 3.71. The molecule has 0 N–H and O–H groups in total. The fourth-order valence-corrected chi connectivity index (χ4v) is 1.04. The maximum atomic E-state index is 3.78. The first-order valence-electron chi connectivity index (χ1n) is 3.96. The second-order valence-corrected chi connectivity index (χ2v) is 3.05. The van der Waals surface area contributed by atoms with E-state index >= 15 is 0 Å². The maximum Gasteiger partial charge on any atom is -0.00539 e. The lowest BCUT2D eigenvalue weighted by Gasteiger charge is -2.09. The molecule has 10 heavy (non-hydrogen) atoms. The lowest BCUT2D eigenvalue weighted by molar-refractivity contribution is 0.533. The van der Waals surface area contributed by atoms with Crippen LogP contribution in [0, 0.1) is 11.8 Å². The van der Waals surface area contributed by atoms with Gasteiger partial charge in [-0.05, 0) is 25.2 Å². The molecule has 0 amide bonds. The molecule has 0 aliphatic heterocycles. The van der Waals surface area contributed by atoms with E-state index in [0.29, 0.717) is 5.92 Å². The minimum Gasteiger partial charge on any atom is -0.102 e. The van der Waals surface area contributed by atoms with Gasteiger partial charge < -0.3 is 0 Å². The molecule has 1 unspecified atom stereocenters. The van der Waals surface area contributed by atoms with Crippen molar-refractivity contribution < 1.29 is 0 Å². The molecule has 0 bridgehead atoms. The van der Waals surface area contributed by atoms with Gasteiger partial charge in [-0.15, -0.1) is 6.58 Å². The third-order valence-corrected chi connectivity index (χ3v) is 1.49. The summed E-state index contributed by atoms with van der Waals surface area (Å²) in [5, 5.41) is 0. The highest BCUT2D eigenvalue weighted by molar-refractivity contribution is 4.95. The van der Waals surface area contributed by atoms with Crippen LogP contribution in [-0.4, -0.2) is 0 Å². The molecule has 0 fully saturated rings. The van der Waals surface area contributed by atoms with Gasteiger partial charge in [0.2, 0.25) is 0 Å². The van der Waals surface area contributed by atoms with Gasteiger partial charge in [0.15, 0.2) is 0 Å². The number of hydrogen-bond donors (Lipinski definition) is 0. The van der Waals surface area contributed by atoms with Crippen molar-refractivity contribution in [3.05, 3.63) is 24.8 Å². The number of allylic oxidation sites excluding steroid dienone is 3. The zero-order valence-corrected chi connectivity index (χ0v) is 7.30. The molecule has 0 heterocycles. The summed E-state index contributed by atoms with van der Waals surface area (Å²) in [6.45, 7) is 10.3. The first kappa shape index (κ1) is 9.48. The van der Waals surface area contributed by atoms with Gasteiger partial charge in [0.05, 0.1) is 0 Å². The van der Waals surface area contributed by atoms with E-state index in [0.717, 1.165) is 5.92 Å². The van der Waals surface area contributed by atoms with Gasteiger partial charge in [0.1, 0.15) is 0 Å². The lowest BCUT2D eigenvalue weighted by Crippen LogP contribution is -1.97. The zero-order valence-electron chi connectivity index (χ0n) is 7.30. The van der Waals surface area contributed by atoms with Crippen LogP contribution in [0.3, 0.4) is 0 Å². The summed E-state index contributed by atoms with van der Waals surface area (Å²) in [5.41, 5.74) is 0. The van der Waals surface area contributed by atoms with Gasteiger partial charge in [-0.25, -0.2) is 0 Å². The average molecular weight is 138 g/mol. The van der Waals surface area contributed by atoms with Crippen molar-refractivity contribution in [3.8, 4) is 0 Å². The van der Waals surface area contributed by atoms with Crippen LogP contribution in [0.2, 0.25) is 0 Å². The molecule has 0 saturated heterocycles. The highest BCUT2D eigenvalue weighted by atomic mass is 14.1. The van der Waals surface area contributed by atoms with Crippen LogP contribution >= 0.6 is 0 Å². The Kier molecular flexibility index (Phi) is 5.00. The Morgan fingerprint density at radius 1 is 1.40 bits per heavy atom. The third-order valence-electron chi connectivity index (χ3n) is 1.49. The summed E-state index contributed by atoms with van der Waals surface area (Å²) >= 11 is 0. The van der Waals surface area contributed by atoms with Crippen LogP contribution in [0.15, 0.2) is 24.8 Å². The second-order valence-electron chi connectivity index (χ2n) is 3.05. The minimum atomic E-state index is 0.574. The van der Waals surface area contributed by atoms with Gasteiger partial charge in [-0.2, -0.15) is 0 Å². The van der Waals surface area contributed by atoms with Gasteiger partial charge >= 0.3 is 0 Å². The van der Waals surface area contributed by atoms with E-state index in [1.54, 1.807) is 0 Å². The lowest BCUT2D eigenvalue weighted by atomic mass is 9.97. The van der Waals surface area contributed by atoms with E-state index in [9.17, 15) is 0 Å². The molecule has 0 nitrogen and oxygen atoms in total. The maximum absolute atomic E-state index is 3.78. The molecule has 0 aromatic heterocycles. The predicted molar refractivity (Wildman–Crippen MR) is 48.0 cm³/mol. The van der Waals surface area contributed by atoms with Crippen LogP contribution in [-0.2, 0) is 0 Å². The standard InChI is InChI=1S/C10H18/c1-5-7-10(6-2)8-9(3)4/h5-7,9-10H,2,8H2,1,3-4H3. The van der Waals surface area contributed by atoms with Crippen LogP contribution < -0.4 is 0 Å². The van der Waals surface area contributed by atoms with Crippen LogP contribution in [0.25, 0.3) is 0 Å². The minimum absolute atomic E-state index is 0.574. The van der Waals surface area contributed by atoms with Crippen molar-refractivity contribution in [2.75, 3.05) is 0 Å². The quantitative estimate of drug-likeness (QED) is 0.522. The molecule has 0 aromatic rings. The molecule has 0 saturated carbocycles. The topological polar surface area (TPSA) is 0 Å². The molecule has 0 aliphatic rings. The molecular weight excluding hydrogens is 120 g/mol. The summed E-state index contributed by atoms with van der Waals surface area (Å²) in [5.74, 6) is 1.34. The summed E-state index contributed by atoms with van der Waals surface area (Å²) in [6.07, 6.45) is 7.52. The second kappa shape index (κ2) is 5.28. The van der Waals surface area contributed by atoms with Crippen LogP contribution in [0.5, 0.6) is 0 Å². The normalized spacial score (nSPS) is 14.4. The molecule has 1 atom stereocenters. The Labute approximate surface area is 64.6 Å². The third kappa shape index (κ3) is 4.37. The molecule has 0 aliphatic carbocycles. The fourth-order valence-electron chi connectivity index (χ4n) is 1.04. The van der Waals surface area contributed by atoms with E-state index < -0.39 is 0 Å². The summed E-state index contributed by atoms with van der Waals surface area (Å²) in [4.78, 5) is 0. The summed E-state index contributed by atoms with van der Waals surface area (Å²) in [6, 6.07) is 0. The van der Waals surface area contributed by atoms with Gasteiger partial charge in [-0.1, -0.05) is 32.1 Å². The van der Waals surface area contributed by atoms with Crippen molar-refractivity contribution >= 4 is 0 Å². The van der Waals surface area contributed by atoms with Crippen molar-refractivity contribution in [1.29, 1.82) is 0 Å². The Morgan fingerprint density at radius 3 is 2.30 bits per heavy atom. The van der Waals surface area contributed by atoms with E-state index in [1.165, 1.54) is 6.42 Å². The first-order valence-corrected chi connectivity index (χ1v) is 3.96. The fraction of sp³-hybridized carbons (Fsp3) is 0.600. The van der Waals surface area contributed by atoms with Gasteiger partial charge in [0.25, 0.3) is 0 Å². The van der Waals surface area contributed by atoms with Crippen molar-refractivity contribution in [2.45, 2.75) is 27.2 Å². The monoisotopic (exact) mass is 138 g/mol. The highest BCUT2D eigenvalue weighted by Gasteiger charge is 2.00. The highest BCUT2D eigenvalue weighted by Crippen LogP contribution is 2.13. The molecule has 0 spiro atoms. The SMILES string of the molecule is C=CC(C=CC)CC(C)C. The summed E-state index contributed by atoms with van der Waals surface area (Å²) < 4.78 is 0. The van der Waals surface area contributed by atoms with Crippen molar-refractivity contribution in [2.24, 2.45) is 11.8 Å². The van der Waals surface area contributed by atoms with Gasteiger partial charge in [-0.3, -0.25) is 0 Å². The molecule has 0 aromatic carbocycles. The van der Waals surface area contributed by atoms with Crippen LogP contribution in [0.1, 0.15) is 27.2 Å². The molecule has 0 rings (SSSR count). The Hall–Kier alpha value is -0.520. The number of rotatable bonds is 4.